The van der Waals surface area contributed by atoms with Crippen LogP contribution in [0.15, 0.2) is 18.2 Å². The number of hydrogen-bond acceptors (Lipinski definition) is 4. The van der Waals surface area contributed by atoms with Gasteiger partial charge in [0, 0.05) is 20.0 Å². The van der Waals surface area contributed by atoms with Gasteiger partial charge in [0.2, 0.25) is 0 Å². The van der Waals surface area contributed by atoms with Gasteiger partial charge in [-0.05, 0) is 18.2 Å². The highest BCUT2D eigenvalue weighted by Crippen LogP contribution is 2.29. The zero-order valence-electron chi connectivity index (χ0n) is 11.3. The Hall–Kier alpha value is -2.57. The highest BCUT2D eigenvalue weighted by molar-refractivity contribution is 5.96. The van der Waals surface area contributed by atoms with Crippen LogP contribution in [0.1, 0.15) is 16.8 Å². The van der Waals surface area contributed by atoms with Crippen LogP contribution in [0, 0.1) is 0 Å². The number of amides is 2. The number of benzene rings is 1. The number of anilines is 1. The smallest absolute Gasteiger partial charge is 0.335 e. The van der Waals surface area contributed by atoms with Crippen molar-refractivity contribution in [3.05, 3.63) is 23.8 Å². The van der Waals surface area contributed by atoms with Crippen molar-refractivity contribution in [3.8, 4) is 5.75 Å². The molecule has 0 heterocycles. The first-order valence-corrected chi connectivity index (χ1v) is 5.89. The molecule has 0 fully saturated rings. The summed E-state index contributed by atoms with van der Waals surface area (Å²) in [4.78, 5) is 34.6. The molecule has 0 aliphatic rings. The molecule has 0 atom stereocenters. The lowest BCUT2D eigenvalue weighted by atomic mass is 10.1. The van der Waals surface area contributed by atoms with Crippen molar-refractivity contribution in [2.45, 2.75) is 6.42 Å². The summed E-state index contributed by atoms with van der Waals surface area (Å²) in [7, 11) is 2.87. The monoisotopic (exact) mass is 280 g/mol. The van der Waals surface area contributed by atoms with Crippen molar-refractivity contribution < 1.29 is 24.2 Å². The molecule has 0 radical (unpaired) electrons. The van der Waals surface area contributed by atoms with Crippen molar-refractivity contribution in [2.24, 2.45) is 0 Å². The lowest BCUT2D eigenvalue weighted by Gasteiger charge is -2.23. The van der Waals surface area contributed by atoms with Crippen LogP contribution in [-0.4, -0.2) is 44.1 Å². The molecule has 0 spiro atoms. The molecule has 0 saturated carbocycles. The molecule has 0 aromatic heterocycles. The maximum absolute atomic E-state index is 11.9. The average molecular weight is 280 g/mol. The highest BCUT2D eigenvalue weighted by Gasteiger charge is 2.20. The van der Waals surface area contributed by atoms with Gasteiger partial charge in [0.15, 0.2) is 0 Å². The number of ether oxygens (including phenoxy) is 1. The van der Waals surface area contributed by atoms with Crippen LogP contribution in [0.25, 0.3) is 0 Å². The van der Waals surface area contributed by atoms with Crippen LogP contribution in [0.5, 0.6) is 5.75 Å². The predicted molar refractivity (Wildman–Crippen MR) is 72.4 cm³/mol. The first-order valence-electron chi connectivity index (χ1n) is 5.89. The molecule has 2 amide bonds. The molecule has 1 aromatic rings. The van der Waals surface area contributed by atoms with Gasteiger partial charge in [-0.25, -0.2) is 9.59 Å². The second-order valence-electron chi connectivity index (χ2n) is 3.85. The Morgan fingerprint density at radius 1 is 1.45 bits per heavy atom. The number of aromatic carboxylic acids is 1. The number of carbonyl (C=O) groups is 3. The van der Waals surface area contributed by atoms with Crippen molar-refractivity contribution in [2.75, 3.05) is 25.6 Å². The molecule has 0 bridgehead atoms. The number of carboxylic acid groups (broad SMARTS) is 1. The van der Waals surface area contributed by atoms with E-state index in [9.17, 15) is 14.4 Å². The summed E-state index contributed by atoms with van der Waals surface area (Å²) in [5, 5.41) is 11.5. The third-order valence-corrected chi connectivity index (χ3v) is 2.65. The van der Waals surface area contributed by atoms with E-state index in [-0.39, 0.29) is 18.5 Å². The molecule has 108 valence electrons. The van der Waals surface area contributed by atoms with Gasteiger partial charge in [-0.3, -0.25) is 4.90 Å². The molecule has 1 rings (SSSR count). The fourth-order valence-corrected chi connectivity index (χ4v) is 1.68. The molecular formula is C13H16N2O5. The molecule has 7 nitrogen and oxygen atoms in total. The third kappa shape index (κ3) is 3.47. The van der Waals surface area contributed by atoms with E-state index in [2.05, 4.69) is 5.32 Å². The first-order chi connectivity index (χ1) is 9.54. The maximum Gasteiger partial charge on any atom is 0.335 e. The highest BCUT2D eigenvalue weighted by atomic mass is 16.5. The van der Waals surface area contributed by atoms with Crippen LogP contribution in [-0.2, 0) is 4.79 Å². The Bertz CT molecular complexity index is 515. The van der Waals surface area contributed by atoms with Crippen LogP contribution in [0.4, 0.5) is 10.5 Å². The topological polar surface area (TPSA) is 95.9 Å². The zero-order valence-corrected chi connectivity index (χ0v) is 11.3. The number of hydrogen-bond donors (Lipinski definition) is 2. The van der Waals surface area contributed by atoms with Crippen LogP contribution < -0.4 is 15.0 Å². The van der Waals surface area contributed by atoms with Gasteiger partial charge in [0.25, 0.3) is 0 Å². The molecule has 0 aliphatic heterocycles. The van der Waals surface area contributed by atoms with Crippen molar-refractivity contribution in [3.63, 3.8) is 0 Å². The summed E-state index contributed by atoms with van der Waals surface area (Å²) in [6, 6.07) is 3.73. The Labute approximate surface area is 116 Å². The van der Waals surface area contributed by atoms with Gasteiger partial charge in [-0.1, -0.05) is 0 Å². The third-order valence-electron chi connectivity index (χ3n) is 2.65. The predicted octanol–water partition coefficient (Wildman–Crippen LogP) is 1.13. The number of nitrogens with zero attached hydrogens (tertiary/aromatic N) is 1. The molecule has 0 aliphatic carbocycles. The number of carbonyl (C=O) groups excluding carboxylic acids is 2. The van der Waals surface area contributed by atoms with Gasteiger partial charge < -0.3 is 20.0 Å². The minimum atomic E-state index is -1.11. The summed E-state index contributed by atoms with van der Waals surface area (Å²) in [6.07, 6.45) is 0.817. The van der Waals surface area contributed by atoms with Gasteiger partial charge in [0.1, 0.15) is 12.0 Å². The molecule has 7 heteroatoms. The summed E-state index contributed by atoms with van der Waals surface area (Å²) >= 11 is 0. The Balaban J connectivity index is 3.27. The second kappa shape index (κ2) is 7.13. The number of nitrogens with one attached hydrogen (secondary N) is 1. The van der Waals surface area contributed by atoms with E-state index >= 15 is 0 Å². The van der Waals surface area contributed by atoms with E-state index in [0.29, 0.717) is 17.7 Å². The number of urea groups is 1. The van der Waals surface area contributed by atoms with Crippen LogP contribution in [0.3, 0.4) is 0 Å². The van der Waals surface area contributed by atoms with E-state index in [1.54, 1.807) is 0 Å². The van der Waals surface area contributed by atoms with Crippen molar-refractivity contribution in [1.82, 2.24) is 5.32 Å². The van der Waals surface area contributed by atoms with Crippen LogP contribution in [0.2, 0.25) is 0 Å². The van der Waals surface area contributed by atoms with E-state index in [0.717, 1.165) is 0 Å². The van der Waals surface area contributed by atoms with E-state index in [4.69, 9.17) is 9.84 Å². The van der Waals surface area contributed by atoms with Crippen molar-refractivity contribution in [1.29, 1.82) is 0 Å². The zero-order chi connectivity index (χ0) is 15.1. The summed E-state index contributed by atoms with van der Waals surface area (Å²) in [6.45, 7) is 0.128. The largest absolute Gasteiger partial charge is 0.495 e. The number of rotatable bonds is 6. The van der Waals surface area contributed by atoms with Gasteiger partial charge in [0.05, 0.1) is 18.4 Å². The standard InChI is InChI=1S/C13H16N2O5/c1-14-13(19)15(6-3-7-16)10-8-9(12(17)18)4-5-11(10)20-2/h4-5,7-8H,3,6H2,1-2H3,(H,14,19)(H,17,18). The van der Waals surface area contributed by atoms with Crippen LogP contribution >= 0.6 is 0 Å². The Kier molecular flexibility index (Phi) is 5.52. The van der Waals surface area contributed by atoms with Gasteiger partial charge in [-0.2, -0.15) is 0 Å². The molecular weight excluding hydrogens is 264 g/mol. The molecule has 0 unspecified atom stereocenters. The average Bonchev–Trinajstić information content (AvgIpc) is 2.46. The van der Waals surface area contributed by atoms with E-state index in [1.807, 2.05) is 0 Å². The maximum atomic E-state index is 11.9. The van der Waals surface area contributed by atoms with Crippen molar-refractivity contribution >= 4 is 24.0 Å². The fourth-order valence-electron chi connectivity index (χ4n) is 1.68. The summed E-state index contributed by atoms with van der Waals surface area (Å²) < 4.78 is 5.13. The number of methoxy groups -OCH3 is 1. The second-order valence-corrected chi connectivity index (χ2v) is 3.85. The number of aldehydes is 1. The minimum Gasteiger partial charge on any atom is -0.495 e. The van der Waals surface area contributed by atoms with Gasteiger partial charge in [-0.15, -0.1) is 0 Å². The minimum absolute atomic E-state index is 0.0285. The Morgan fingerprint density at radius 3 is 2.65 bits per heavy atom. The molecule has 0 saturated heterocycles. The molecule has 1 aromatic carbocycles. The molecule has 20 heavy (non-hydrogen) atoms. The lowest BCUT2D eigenvalue weighted by molar-refractivity contribution is -0.107. The van der Waals surface area contributed by atoms with E-state index in [1.165, 1.54) is 37.3 Å². The fraction of sp³-hybridized carbons (Fsp3) is 0.308. The SMILES string of the molecule is CNC(=O)N(CCC=O)c1cc(C(=O)O)ccc1OC. The molecule has 2 N–H and O–H groups in total. The lowest BCUT2D eigenvalue weighted by Crippen LogP contribution is -2.39. The normalized spacial score (nSPS) is 9.70. The number of carboxylic acids is 1. The summed E-state index contributed by atoms with van der Waals surface area (Å²) in [5.74, 6) is -0.759. The van der Waals surface area contributed by atoms with Gasteiger partial charge >= 0.3 is 12.0 Å². The summed E-state index contributed by atoms with van der Waals surface area (Å²) in [5.41, 5.74) is 0.328. The first kappa shape index (κ1) is 15.5. The Morgan fingerprint density at radius 2 is 2.15 bits per heavy atom. The quantitative estimate of drug-likeness (QED) is 0.761. The van der Waals surface area contributed by atoms with E-state index < -0.39 is 12.0 Å².